The van der Waals surface area contributed by atoms with Crippen LogP contribution in [-0.4, -0.2) is 20.9 Å². The lowest BCUT2D eigenvalue weighted by molar-refractivity contribution is 0.102. The maximum atomic E-state index is 12.3. The van der Waals surface area contributed by atoms with E-state index in [0.717, 1.165) is 11.1 Å². The van der Waals surface area contributed by atoms with Crippen molar-refractivity contribution in [3.05, 3.63) is 76.8 Å². The molecular formula is C18H16ClN5O. The fourth-order valence-electron chi connectivity index (χ4n) is 2.14. The zero-order chi connectivity index (χ0) is 17.6. The second kappa shape index (κ2) is 7.72. The summed E-state index contributed by atoms with van der Waals surface area (Å²) in [5, 5.41) is 6.46. The minimum atomic E-state index is -0.288. The van der Waals surface area contributed by atoms with Crippen molar-refractivity contribution in [3.8, 4) is 0 Å². The smallest absolute Gasteiger partial charge is 0.258 e. The van der Waals surface area contributed by atoms with Gasteiger partial charge in [0, 0.05) is 42.0 Å². The molecule has 2 N–H and O–H groups in total. The minimum absolute atomic E-state index is 0.288. The average molecular weight is 354 g/mol. The van der Waals surface area contributed by atoms with Crippen molar-refractivity contribution in [1.82, 2.24) is 15.0 Å². The van der Waals surface area contributed by atoms with Gasteiger partial charge in [-0.3, -0.25) is 9.78 Å². The van der Waals surface area contributed by atoms with Crippen LogP contribution in [0.5, 0.6) is 0 Å². The number of aromatic nitrogens is 3. The summed E-state index contributed by atoms with van der Waals surface area (Å²) in [6.45, 7) is 2.45. The summed E-state index contributed by atoms with van der Waals surface area (Å²) < 4.78 is 0. The molecule has 2 aromatic heterocycles. The summed E-state index contributed by atoms with van der Waals surface area (Å²) in [7, 11) is 0. The zero-order valence-electron chi connectivity index (χ0n) is 13.5. The number of benzene rings is 1. The van der Waals surface area contributed by atoms with E-state index in [1.54, 1.807) is 24.5 Å². The van der Waals surface area contributed by atoms with Crippen LogP contribution in [0.3, 0.4) is 0 Å². The lowest BCUT2D eigenvalue weighted by atomic mass is 10.2. The quantitative estimate of drug-likeness (QED) is 0.731. The first-order valence-corrected chi connectivity index (χ1v) is 8.02. The number of hydrogen-bond donors (Lipinski definition) is 2. The molecule has 0 unspecified atom stereocenters. The second-order valence-electron chi connectivity index (χ2n) is 5.42. The van der Waals surface area contributed by atoms with Gasteiger partial charge in [-0.25, -0.2) is 9.97 Å². The SMILES string of the molecule is Cc1ccc(Cl)cc1NC(=O)c1cnc(NCc2cccnc2)nc1. The van der Waals surface area contributed by atoms with Crippen molar-refractivity contribution in [2.45, 2.75) is 13.5 Å². The Morgan fingerprint density at radius 3 is 2.68 bits per heavy atom. The van der Waals surface area contributed by atoms with Crippen LogP contribution < -0.4 is 10.6 Å². The molecule has 0 fully saturated rings. The molecule has 0 radical (unpaired) electrons. The van der Waals surface area contributed by atoms with Gasteiger partial charge in [0.05, 0.1) is 5.56 Å². The normalized spacial score (nSPS) is 10.3. The highest BCUT2D eigenvalue weighted by molar-refractivity contribution is 6.31. The van der Waals surface area contributed by atoms with Crippen LogP contribution in [-0.2, 0) is 6.54 Å². The average Bonchev–Trinajstić information content (AvgIpc) is 2.64. The Labute approximate surface area is 150 Å². The molecule has 126 valence electrons. The van der Waals surface area contributed by atoms with Crippen LogP contribution in [0.1, 0.15) is 21.5 Å². The predicted octanol–water partition coefficient (Wildman–Crippen LogP) is 3.70. The summed E-state index contributed by atoms with van der Waals surface area (Å²) in [4.78, 5) is 24.7. The third kappa shape index (κ3) is 4.51. The Kier molecular flexibility index (Phi) is 5.20. The molecule has 25 heavy (non-hydrogen) atoms. The van der Waals surface area contributed by atoms with Gasteiger partial charge in [0.15, 0.2) is 0 Å². The molecule has 0 saturated heterocycles. The number of amides is 1. The standard InChI is InChI=1S/C18H16ClN5O/c1-12-4-5-15(19)7-16(12)24-17(25)14-10-22-18(23-11-14)21-9-13-3-2-6-20-8-13/h2-8,10-11H,9H2,1H3,(H,24,25)(H,21,22,23). The van der Waals surface area contributed by atoms with Gasteiger partial charge < -0.3 is 10.6 Å². The number of carbonyl (C=O) groups is 1. The maximum Gasteiger partial charge on any atom is 0.258 e. The van der Waals surface area contributed by atoms with Gasteiger partial charge >= 0.3 is 0 Å². The molecule has 6 nitrogen and oxygen atoms in total. The first-order chi connectivity index (χ1) is 12.1. The largest absolute Gasteiger partial charge is 0.350 e. The number of anilines is 2. The van der Waals surface area contributed by atoms with Crippen LogP contribution in [0, 0.1) is 6.92 Å². The summed E-state index contributed by atoms with van der Waals surface area (Å²) in [6, 6.07) is 9.15. The number of nitrogens with zero attached hydrogens (tertiary/aromatic N) is 3. The Bertz CT molecular complexity index is 868. The number of rotatable bonds is 5. The molecule has 0 aliphatic heterocycles. The molecule has 3 rings (SSSR count). The highest BCUT2D eigenvalue weighted by Gasteiger charge is 2.09. The van der Waals surface area contributed by atoms with Gasteiger partial charge in [0.25, 0.3) is 5.91 Å². The molecule has 0 aliphatic carbocycles. The van der Waals surface area contributed by atoms with Crippen molar-refractivity contribution in [3.63, 3.8) is 0 Å². The van der Waals surface area contributed by atoms with Gasteiger partial charge in [-0.15, -0.1) is 0 Å². The van der Waals surface area contributed by atoms with E-state index >= 15 is 0 Å². The maximum absolute atomic E-state index is 12.3. The van der Waals surface area contributed by atoms with E-state index in [2.05, 4.69) is 25.6 Å². The molecule has 0 saturated carbocycles. The van der Waals surface area contributed by atoms with Crippen molar-refractivity contribution in [2.75, 3.05) is 10.6 Å². The number of aryl methyl sites for hydroxylation is 1. The number of carbonyl (C=O) groups excluding carboxylic acids is 1. The monoisotopic (exact) mass is 353 g/mol. The molecule has 7 heteroatoms. The summed E-state index contributed by atoms with van der Waals surface area (Å²) in [5.74, 6) is 0.156. The topological polar surface area (TPSA) is 79.8 Å². The predicted molar refractivity (Wildman–Crippen MR) is 97.7 cm³/mol. The van der Waals surface area contributed by atoms with Gasteiger partial charge in [-0.1, -0.05) is 23.7 Å². The molecule has 3 aromatic rings. The Morgan fingerprint density at radius 2 is 1.96 bits per heavy atom. The first kappa shape index (κ1) is 16.9. The van der Waals surface area contributed by atoms with Gasteiger partial charge in [0.1, 0.15) is 0 Å². The second-order valence-corrected chi connectivity index (χ2v) is 5.86. The molecule has 1 aromatic carbocycles. The number of hydrogen-bond acceptors (Lipinski definition) is 5. The highest BCUT2D eigenvalue weighted by atomic mass is 35.5. The van der Waals surface area contributed by atoms with E-state index in [9.17, 15) is 4.79 Å². The van der Waals surface area contributed by atoms with Crippen molar-refractivity contribution in [1.29, 1.82) is 0 Å². The van der Waals surface area contributed by atoms with Crippen LogP contribution in [0.4, 0.5) is 11.6 Å². The minimum Gasteiger partial charge on any atom is -0.350 e. The molecule has 2 heterocycles. The molecule has 0 bridgehead atoms. The van der Waals surface area contributed by atoms with Crippen molar-refractivity contribution >= 4 is 29.1 Å². The Hall–Kier alpha value is -2.99. The molecule has 0 aliphatic rings. The molecule has 0 atom stereocenters. The number of pyridine rings is 1. The zero-order valence-corrected chi connectivity index (χ0v) is 14.3. The van der Waals surface area contributed by atoms with Crippen LogP contribution in [0.25, 0.3) is 0 Å². The van der Waals surface area contributed by atoms with E-state index in [-0.39, 0.29) is 5.91 Å². The van der Waals surface area contributed by atoms with Gasteiger partial charge in [-0.2, -0.15) is 0 Å². The lowest BCUT2D eigenvalue weighted by Crippen LogP contribution is -2.14. The first-order valence-electron chi connectivity index (χ1n) is 7.64. The molecular weight excluding hydrogens is 338 g/mol. The van der Waals surface area contributed by atoms with E-state index in [4.69, 9.17) is 11.6 Å². The molecule has 0 spiro atoms. The lowest BCUT2D eigenvalue weighted by Gasteiger charge is -2.09. The van der Waals surface area contributed by atoms with E-state index in [1.165, 1.54) is 12.4 Å². The Balaban J connectivity index is 1.63. The number of halogens is 1. The third-order valence-corrected chi connectivity index (χ3v) is 3.77. The van der Waals surface area contributed by atoms with E-state index in [0.29, 0.717) is 28.8 Å². The summed E-state index contributed by atoms with van der Waals surface area (Å²) in [5.41, 5.74) is 2.97. The summed E-state index contributed by atoms with van der Waals surface area (Å²) in [6.07, 6.45) is 6.44. The number of nitrogens with one attached hydrogen (secondary N) is 2. The fourth-order valence-corrected chi connectivity index (χ4v) is 2.32. The van der Waals surface area contributed by atoms with Crippen LogP contribution >= 0.6 is 11.6 Å². The van der Waals surface area contributed by atoms with Gasteiger partial charge in [-0.05, 0) is 36.2 Å². The van der Waals surface area contributed by atoms with Crippen LogP contribution in [0.15, 0.2) is 55.1 Å². The van der Waals surface area contributed by atoms with Crippen LogP contribution in [0.2, 0.25) is 5.02 Å². The third-order valence-electron chi connectivity index (χ3n) is 3.54. The van der Waals surface area contributed by atoms with E-state index in [1.807, 2.05) is 25.1 Å². The van der Waals surface area contributed by atoms with Gasteiger partial charge in [0.2, 0.25) is 5.95 Å². The Morgan fingerprint density at radius 1 is 1.16 bits per heavy atom. The van der Waals surface area contributed by atoms with E-state index < -0.39 is 0 Å². The molecule has 1 amide bonds. The van der Waals surface area contributed by atoms with Crippen molar-refractivity contribution < 1.29 is 4.79 Å². The van der Waals surface area contributed by atoms with Crippen molar-refractivity contribution in [2.24, 2.45) is 0 Å². The fraction of sp³-hybridized carbons (Fsp3) is 0.111. The summed E-state index contributed by atoms with van der Waals surface area (Å²) >= 11 is 5.96. The highest BCUT2D eigenvalue weighted by Crippen LogP contribution is 2.20.